The van der Waals surface area contributed by atoms with Gasteiger partial charge < -0.3 is 38.6 Å². The van der Waals surface area contributed by atoms with E-state index in [9.17, 15) is 53.4 Å². The van der Waals surface area contributed by atoms with Gasteiger partial charge in [-0.2, -0.15) is 28.8 Å². The average Bonchev–Trinajstić information content (AvgIpc) is 1.73. The molecule has 4 fully saturated rings. The Hall–Kier alpha value is -8.52. The van der Waals surface area contributed by atoms with Gasteiger partial charge in [-0.25, -0.2) is 63.9 Å². The van der Waals surface area contributed by atoms with Gasteiger partial charge in [0.1, 0.15) is 85.2 Å². The molecule has 8 aromatic rings. The normalized spacial score (nSPS) is 14.9. The number of hydrogen-bond acceptors (Lipinski definition) is 18. The molecule has 604 valence electrons. The molecule has 1 amide bonds. The smallest absolute Gasteiger partial charge is 0.521 e. The number of aryl methyl sites for hydroxylation is 1. The standard InChI is InChI=1S/C23H31F2N3O3.C19H24F2N2O.C18H22F2N2O4S.C17H20F2N2O2.HO4P.H2/c1-23(2,3)31-22(29)27(4)14-19-12-21(28(26-19)13-16-7-5-6-8-16)30-15-17-11-18(24)9-10-20(17)25;1-2-5-17-11-19(23(22-17)12-14-6-3-4-7-14)24-13-15-10-16(20)8-9-18(15)21;1-27(23,24)26-12-16-9-18(22(21-16)10-13-4-2-3-5-13)25-11-14-8-15(19)6-7-17(14)20;18-14-5-6-16(19)13(7-14)11-23-17-8-15(10-22)20-21(17)9-12-3-1-2-4-12;1-4-5(2)3;/h9-12,16H,5-8,13-15H2,1-4H3;8-11,14H,2-7,12-13H2,1H3;6-9,13H,2-5,10-12H2,1H3;5-8,12,22H,1-4,9-11H2;1H;1H. The van der Waals surface area contributed by atoms with Gasteiger partial charge in [0.2, 0.25) is 23.5 Å². The van der Waals surface area contributed by atoms with E-state index < -0.39 is 76.6 Å². The number of ether oxygens (including phenoxy) is 5. The molecule has 4 saturated carbocycles. The first-order valence-corrected chi connectivity index (χ1v) is 39.8. The van der Waals surface area contributed by atoms with Gasteiger partial charge >= 0.3 is 14.3 Å². The van der Waals surface area contributed by atoms with Crippen molar-refractivity contribution in [2.24, 2.45) is 23.7 Å². The molecule has 12 rings (SSSR count). The molecule has 33 heteroatoms. The Kier molecular flexibility index (Phi) is 33.9. The number of aromatic nitrogens is 8. The first-order valence-electron chi connectivity index (χ1n) is 36.9. The van der Waals surface area contributed by atoms with Gasteiger partial charge in [0.05, 0.1) is 42.2 Å². The third-order valence-electron chi connectivity index (χ3n) is 18.6. The van der Waals surface area contributed by atoms with Gasteiger partial charge in [-0.05, 0) is 180 Å². The van der Waals surface area contributed by atoms with Crippen LogP contribution in [-0.4, -0.2) is 87.8 Å². The van der Waals surface area contributed by atoms with Crippen molar-refractivity contribution in [3.05, 3.63) is 189 Å². The van der Waals surface area contributed by atoms with Crippen LogP contribution in [-0.2, 0) is 107 Å². The van der Waals surface area contributed by atoms with Crippen LogP contribution in [0.25, 0.3) is 0 Å². The summed E-state index contributed by atoms with van der Waals surface area (Å²) in [7, 11) is -4.99. The molecule has 23 nitrogen and oxygen atoms in total. The van der Waals surface area contributed by atoms with E-state index in [0.29, 0.717) is 77.4 Å². The maximum Gasteiger partial charge on any atom is 0.521 e. The highest BCUT2D eigenvalue weighted by atomic mass is 32.2. The molecule has 4 aromatic carbocycles. The number of amides is 1. The molecule has 0 spiro atoms. The highest BCUT2D eigenvalue weighted by Crippen LogP contribution is 2.33. The van der Waals surface area contributed by atoms with Crippen LogP contribution in [0.4, 0.5) is 39.9 Å². The predicted octanol–water partition coefficient (Wildman–Crippen LogP) is 16.7. The third kappa shape index (κ3) is 29.3. The van der Waals surface area contributed by atoms with Crippen molar-refractivity contribution >= 4 is 24.5 Å². The van der Waals surface area contributed by atoms with Crippen molar-refractivity contribution in [2.75, 3.05) is 13.3 Å². The van der Waals surface area contributed by atoms with E-state index in [1.165, 1.54) is 75.2 Å². The van der Waals surface area contributed by atoms with Crippen LogP contribution in [0.3, 0.4) is 0 Å². The maximum atomic E-state index is 14.0. The average molecular weight is 1590 g/mol. The van der Waals surface area contributed by atoms with E-state index in [0.717, 1.165) is 143 Å². The fourth-order valence-electron chi connectivity index (χ4n) is 13.2. The van der Waals surface area contributed by atoms with Crippen molar-refractivity contribution in [3.63, 3.8) is 0 Å². The molecular formula is C77H100F8N9O14PS. The van der Waals surface area contributed by atoms with E-state index in [1.54, 1.807) is 39.3 Å². The second kappa shape index (κ2) is 42.8. The summed E-state index contributed by atoms with van der Waals surface area (Å²) < 4.78 is 183. The SMILES string of the molecule is CCCc1cc(OCc2cc(F)ccc2F)n(CC2CCCC2)n1.CN(Cc1cc(OCc2cc(F)ccc2F)n(CC2CCCC2)n1)C(=O)OC(C)(C)C.CS(=O)(=O)OCc1cc(OCc2cc(F)ccc2F)n(CC2CCCC2)n1.O=[P+]([O-])OO.OCc1cc(OCc2cc(F)ccc2F)n(CC2CCCC2)n1.[HH]. The molecule has 1 unspecified atom stereocenters. The number of benzene rings is 4. The van der Waals surface area contributed by atoms with Crippen molar-refractivity contribution in [1.82, 2.24) is 44.0 Å². The Labute approximate surface area is 638 Å². The Balaban J connectivity index is 0.000000202. The number of halogens is 8. The molecule has 1 atom stereocenters. The van der Waals surface area contributed by atoms with Crippen LogP contribution in [0, 0.1) is 70.2 Å². The lowest BCUT2D eigenvalue weighted by molar-refractivity contribution is -0.244. The van der Waals surface area contributed by atoms with Crippen LogP contribution in [0.15, 0.2) is 97.1 Å². The topological polar surface area (TPSA) is 271 Å². The molecule has 2 N–H and O–H groups in total. The minimum absolute atomic E-state index is 0. The van der Waals surface area contributed by atoms with Gasteiger partial charge in [0.25, 0.3) is 10.1 Å². The predicted molar refractivity (Wildman–Crippen MR) is 390 cm³/mol. The summed E-state index contributed by atoms with van der Waals surface area (Å²) in [6.07, 6.45) is 21.4. The zero-order valence-corrected chi connectivity index (χ0v) is 64.5. The van der Waals surface area contributed by atoms with E-state index in [1.807, 2.05) is 31.5 Å². The first kappa shape index (κ1) is 87.1. The Morgan fingerprint density at radius 3 is 1.11 bits per heavy atom. The van der Waals surface area contributed by atoms with E-state index in [4.69, 9.17) is 42.6 Å². The van der Waals surface area contributed by atoms with Crippen LogP contribution in [0.2, 0.25) is 0 Å². The van der Waals surface area contributed by atoms with E-state index in [2.05, 4.69) is 32.0 Å². The fourth-order valence-corrected chi connectivity index (χ4v) is 13.5. The summed E-state index contributed by atoms with van der Waals surface area (Å²) in [6.45, 7) is 9.94. The van der Waals surface area contributed by atoms with Crippen molar-refractivity contribution in [3.8, 4) is 23.5 Å². The molecule has 4 aliphatic carbocycles. The molecule has 4 aliphatic rings. The van der Waals surface area contributed by atoms with Crippen LogP contribution in [0.1, 0.15) is 183 Å². The van der Waals surface area contributed by atoms with Crippen LogP contribution in [0.5, 0.6) is 23.5 Å². The van der Waals surface area contributed by atoms with Gasteiger partial charge in [0.15, 0.2) is 0 Å². The van der Waals surface area contributed by atoms with Crippen molar-refractivity contribution in [1.29, 1.82) is 0 Å². The molecule has 0 saturated heterocycles. The van der Waals surface area contributed by atoms with Gasteiger partial charge in [-0.1, -0.05) is 64.7 Å². The summed E-state index contributed by atoms with van der Waals surface area (Å²) in [5.74, 6) is 0.0698. The molecule has 0 aliphatic heterocycles. The summed E-state index contributed by atoms with van der Waals surface area (Å²) in [6, 6.07) is 20.1. The quantitative estimate of drug-likeness (QED) is 0.0145. The minimum atomic E-state index is -3.60. The second-order valence-corrected chi connectivity index (χ2v) is 31.1. The zero-order valence-electron chi connectivity index (χ0n) is 62.8. The molecule has 4 heterocycles. The summed E-state index contributed by atoms with van der Waals surface area (Å²) in [5, 5.41) is 34.2. The van der Waals surface area contributed by atoms with Crippen molar-refractivity contribution < 1.29 is 102 Å². The fraction of sp³-hybridized carbons (Fsp3) is 0.519. The summed E-state index contributed by atoms with van der Waals surface area (Å²) >= 11 is 0. The highest BCUT2D eigenvalue weighted by Gasteiger charge is 2.27. The Morgan fingerprint density at radius 2 is 0.809 bits per heavy atom. The monoisotopic (exact) mass is 1590 g/mol. The first-order chi connectivity index (χ1) is 52.5. The minimum Gasteiger partial charge on any atom is -0.565 e. The van der Waals surface area contributed by atoms with Gasteiger partial charge in [-0.15, -0.1) is 0 Å². The molecule has 110 heavy (non-hydrogen) atoms. The number of hydrogen-bond donors (Lipinski definition) is 2. The Bertz CT molecular complexity index is 4350. The van der Waals surface area contributed by atoms with E-state index in [-0.39, 0.29) is 69.9 Å². The highest BCUT2D eigenvalue weighted by molar-refractivity contribution is 7.85. The lowest BCUT2D eigenvalue weighted by Crippen LogP contribution is -2.33. The third-order valence-corrected chi connectivity index (χ3v) is 19.3. The van der Waals surface area contributed by atoms with Crippen LogP contribution < -0.4 is 23.8 Å². The number of nitrogens with zero attached hydrogens (tertiary/aromatic N) is 9. The summed E-state index contributed by atoms with van der Waals surface area (Å²) in [4.78, 5) is 22.7. The number of aliphatic hydroxyl groups excluding tert-OH is 1. The number of aliphatic hydroxyl groups is 1. The lowest BCUT2D eigenvalue weighted by atomic mass is 10.1. The largest absolute Gasteiger partial charge is 0.565 e. The zero-order chi connectivity index (χ0) is 79.5. The van der Waals surface area contributed by atoms with Gasteiger partial charge in [-0.3, -0.25) is 4.18 Å². The molecule has 0 bridgehead atoms. The van der Waals surface area contributed by atoms with E-state index >= 15 is 0 Å². The molecule has 0 radical (unpaired) electrons. The maximum absolute atomic E-state index is 14.0. The van der Waals surface area contributed by atoms with Crippen molar-refractivity contribution in [2.45, 2.75) is 221 Å². The number of carbonyl (C=O) groups is 1. The molecule has 4 aromatic heterocycles. The lowest BCUT2D eigenvalue weighted by Gasteiger charge is -2.24. The second-order valence-electron chi connectivity index (χ2n) is 28.8. The summed E-state index contributed by atoms with van der Waals surface area (Å²) in [5.41, 5.74) is 2.57. The molecular weight excluding hydrogens is 1490 g/mol. The number of carbonyl (C=O) groups excluding carboxylic acids is 1. The van der Waals surface area contributed by atoms with Gasteiger partial charge in [0, 0.05) is 85.8 Å². The number of rotatable bonds is 29. The Morgan fingerprint density at radius 1 is 0.518 bits per heavy atom. The van der Waals surface area contributed by atoms with Crippen LogP contribution >= 0.6 is 8.25 Å².